The number of nitriles is 1. The van der Waals surface area contributed by atoms with Crippen LogP contribution in [-0.4, -0.2) is 4.98 Å². The average molecular weight is 354 g/mol. The zero-order valence-electron chi connectivity index (χ0n) is 9.57. The van der Waals surface area contributed by atoms with Gasteiger partial charge in [-0.25, -0.2) is 0 Å². The minimum absolute atomic E-state index is 0.372. The van der Waals surface area contributed by atoms with Gasteiger partial charge in [-0.1, -0.05) is 45.2 Å². The lowest BCUT2D eigenvalue weighted by Gasteiger charge is -2.07. The van der Waals surface area contributed by atoms with Crippen LogP contribution in [0.5, 0.6) is 0 Å². The van der Waals surface area contributed by atoms with Crippen molar-refractivity contribution in [3.63, 3.8) is 0 Å². The maximum absolute atomic E-state index is 9.30. The second kappa shape index (κ2) is 6.21. The Hall–Kier alpha value is -1.34. The van der Waals surface area contributed by atoms with E-state index in [0.717, 1.165) is 15.6 Å². The minimum atomic E-state index is 0.372. The summed E-state index contributed by atoms with van der Waals surface area (Å²) < 4.78 is 0.742. The van der Waals surface area contributed by atoms with Gasteiger partial charge in [-0.3, -0.25) is 4.98 Å². The molecule has 5 heteroatoms. The smallest absolute Gasteiger partial charge is 0.101 e. The first kappa shape index (κ1) is 14.1. The highest BCUT2D eigenvalue weighted by Gasteiger charge is 2.12. The first-order valence-electron chi connectivity index (χ1n) is 5.29. The number of nitrogens with zero attached hydrogens (tertiary/aromatic N) is 2. The van der Waals surface area contributed by atoms with Gasteiger partial charge in [0.2, 0.25) is 0 Å². The second-order valence-electron chi connectivity index (χ2n) is 3.66. The SMILES string of the molecule is N#C/C(=C(/Cl)c1ccc(Cl)cc1Br)c1ccncc1. The molecule has 0 atom stereocenters. The zero-order valence-corrected chi connectivity index (χ0v) is 12.7. The molecule has 19 heavy (non-hydrogen) atoms. The second-order valence-corrected chi connectivity index (χ2v) is 5.33. The molecule has 0 aliphatic rings. The van der Waals surface area contributed by atoms with Gasteiger partial charge in [-0.15, -0.1) is 0 Å². The van der Waals surface area contributed by atoms with Crippen LogP contribution in [0.25, 0.3) is 10.6 Å². The fraction of sp³-hybridized carbons (Fsp3) is 0. The van der Waals surface area contributed by atoms with Crippen molar-refractivity contribution in [2.45, 2.75) is 0 Å². The van der Waals surface area contributed by atoms with Crippen LogP contribution in [0.15, 0.2) is 47.2 Å². The molecule has 2 rings (SSSR count). The Balaban J connectivity index is 2.59. The molecule has 1 aromatic carbocycles. The monoisotopic (exact) mass is 352 g/mol. The molecule has 0 unspecified atom stereocenters. The van der Waals surface area contributed by atoms with E-state index in [1.165, 1.54) is 0 Å². The van der Waals surface area contributed by atoms with E-state index in [0.29, 0.717) is 15.6 Å². The van der Waals surface area contributed by atoms with Crippen LogP contribution >= 0.6 is 39.1 Å². The van der Waals surface area contributed by atoms with Crippen molar-refractivity contribution in [1.29, 1.82) is 5.26 Å². The van der Waals surface area contributed by atoms with E-state index in [9.17, 15) is 5.26 Å². The van der Waals surface area contributed by atoms with Crippen LogP contribution in [0, 0.1) is 11.3 Å². The fourth-order valence-electron chi connectivity index (χ4n) is 1.56. The number of halogens is 3. The molecule has 1 heterocycles. The summed E-state index contributed by atoms with van der Waals surface area (Å²) in [6.45, 7) is 0. The van der Waals surface area contributed by atoms with Crippen molar-refractivity contribution in [2.75, 3.05) is 0 Å². The van der Waals surface area contributed by atoms with Crippen LogP contribution in [0.2, 0.25) is 5.02 Å². The molecule has 0 saturated carbocycles. The summed E-state index contributed by atoms with van der Waals surface area (Å²) >= 11 is 15.6. The summed E-state index contributed by atoms with van der Waals surface area (Å²) in [5, 5.41) is 10.3. The molecular formula is C14H7BrCl2N2. The summed E-state index contributed by atoms with van der Waals surface area (Å²) in [6.07, 6.45) is 3.24. The predicted octanol–water partition coefficient (Wildman–Crippen LogP) is 5.13. The van der Waals surface area contributed by atoms with Gasteiger partial charge in [0, 0.05) is 27.5 Å². The normalized spacial score (nSPS) is 11.7. The quantitative estimate of drug-likeness (QED) is 0.702. The topological polar surface area (TPSA) is 36.7 Å². The molecule has 0 radical (unpaired) electrons. The van der Waals surface area contributed by atoms with Gasteiger partial charge in [-0.2, -0.15) is 5.26 Å². The first-order valence-corrected chi connectivity index (χ1v) is 6.84. The van der Waals surface area contributed by atoms with Gasteiger partial charge >= 0.3 is 0 Å². The minimum Gasteiger partial charge on any atom is -0.265 e. The third-order valence-corrected chi connectivity index (χ3v) is 3.75. The van der Waals surface area contributed by atoms with Gasteiger partial charge in [-0.05, 0) is 29.8 Å². The molecule has 2 nitrogen and oxygen atoms in total. The Kier molecular flexibility index (Phi) is 4.60. The van der Waals surface area contributed by atoms with Crippen LogP contribution in [0.1, 0.15) is 11.1 Å². The van der Waals surface area contributed by atoms with Crippen molar-refractivity contribution in [3.05, 3.63) is 63.3 Å². The molecule has 94 valence electrons. The molecule has 0 aliphatic heterocycles. The van der Waals surface area contributed by atoms with Crippen molar-refractivity contribution < 1.29 is 0 Å². The largest absolute Gasteiger partial charge is 0.265 e. The third kappa shape index (κ3) is 3.16. The molecule has 1 aromatic heterocycles. The Morgan fingerprint density at radius 3 is 2.47 bits per heavy atom. The summed E-state index contributed by atoms with van der Waals surface area (Å²) in [7, 11) is 0. The number of rotatable bonds is 2. The number of hydrogen-bond donors (Lipinski definition) is 0. The molecule has 0 spiro atoms. The Morgan fingerprint density at radius 1 is 1.21 bits per heavy atom. The number of allylic oxidation sites excluding steroid dienone is 1. The highest BCUT2D eigenvalue weighted by atomic mass is 79.9. The van der Waals surface area contributed by atoms with Crippen LogP contribution in [0.4, 0.5) is 0 Å². The standard InChI is InChI=1S/C14H7BrCl2N2/c15-13-7-10(16)1-2-11(13)14(17)12(8-18)9-3-5-19-6-4-9/h1-7H/b14-12-. The van der Waals surface area contributed by atoms with Crippen molar-refractivity contribution in [3.8, 4) is 6.07 Å². The van der Waals surface area contributed by atoms with E-state index in [4.69, 9.17) is 23.2 Å². The number of hydrogen-bond acceptors (Lipinski definition) is 2. The molecule has 0 bridgehead atoms. The van der Waals surface area contributed by atoms with Crippen LogP contribution in [0.3, 0.4) is 0 Å². The predicted molar refractivity (Wildman–Crippen MR) is 81.7 cm³/mol. The van der Waals surface area contributed by atoms with Gasteiger partial charge < -0.3 is 0 Å². The average Bonchev–Trinajstić information content (AvgIpc) is 2.40. The van der Waals surface area contributed by atoms with Crippen molar-refractivity contribution in [1.82, 2.24) is 4.98 Å². The van der Waals surface area contributed by atoms with E-state index in [1.807, 2.05) is 0 Å². The van der Waals surface area contributed by atoms with E-state index < -0.39 is 0 Å². The number of aromatic nitrogens is 1. The highest BCUT2D eigenvalue weighted by molar-refractivity contribution is 9.10. The van der Waals surface area contributed by atoms with Gasteiger partial charge in [0.05, 0.1) is 10.6 Å². The van der Waals surface area contributed by atoms with E-state index in [1.54, 1.807) is 42.7 Å². The lowest BCUT2D eigenvalue weighted by atomic mass is 10.0. The lowest BCUT2D eigenvalue weighted by Crippen LogP contribution is -1.88. The van der Waals surface area contributed by atoms with Crippen molar-refractivity contribution >= 4 is 49.7 Å². The Morgan fingerprint density at radius 2 is 1.89 bits per heavy atom. The molecule has 0 saturated heterocycles. The molecule has 0 fully saturated rings. The zero-order chi connectivity index (χ0) is 13.8. The van der Waals surface area contributed by atoms with Gasteiger partial charge in [0.25, 0.3) is 0 Å². The fourth-order valence-corrected chi connectivity index (χ4v) is 2.87. The maximum atomic E-state index is 9.30. The summed E-state index contributed by atoms with van der Waals surface area (Å²) in [5.74, 6) is 0. The van der Waals surface area contributed by atoms with E-state index in [2.05, 4.69) is 27.0 Å². The lowest BCUT2D eigenvalue weighted by molar-refractivity contribution is 1.32. The molecular weight excluding hydrogens is 347 g/mol. The van der Waals surface area contributed by atoms with Crippen molar-refractivity contribution in [2.24, 2.45) is 0 Å². The third-order valence-electron chi connectivity index (χ3n) is 2.47. The molecule has 0 amide bonds. The number of pyridine rings is 1. The van der Waals surface area contributed by atoms with E-state index in [-0.39, 0.29) is 0 Å². The van der Waals surface area contributed by atoms with E-state index >= 15 is 0 Å². The number of benzene rings is 1. The maximum Gasteiger partial charge on any atom is 0.101 e. The summed E-state index contributed by atoms with van der Waals surface area (Å²) in [5.41, 5.74) is 1.84. The summed E-state index contributed by atoms with van der Waals surface area (Å²) in [6, 6.07) is 10.8. The summed E-state index contributed by atoms with van der Waals surface area (Å²) in [4.78, 5) is 3.92. The first-order chi connectivity index (χ1) is 9.13. The Labute approximate surface area is 129 Å². The highest BCUT2D eigenvalue weighted by Crippen LogP contribution is 2.34. The molecule has 2 aromatic rings. The molecule has 0 aliphatic carbocycles. The molecule has 0 N–H and O–H groups in total. The Bertz CT molecular complexity index is 676. The van der Waals surface area contributed by atoms with Gasteiger partial charge in [0.15, 0.2) is 0 Å². The van der Waals surface area contributed by atoms with Gasteiger partial charge in [0.1, 0.15) is 6.07 Å². The van der Waals surface area contributed by atoms with Crippen LogP contribution in [-0.2, 0) is 0 Å². The van der Waals surface area contributed by atoms with Crippen LogP contribution < -0.4 is 0 Å².